The van der Waals surface area contributed by atoms with Crippen LogP contribution in [0.4, 0.5) is 0 Å². The third kappa shape index (κ3) is 1.66. The van der Waals surface area contributed by atoms with Crippen LogP contribution in [-0.4, -0.2) is 4.98 Å². The summed E-state index contributed by atoms with van der Waals surface area (Å²) in [5.41, 5.74) is 1.14. The molecule has 0 aromatic carbocycles. The molecule has 0 aliphatic rings. The molecule has 2 heteroatoms. The lowest BCUT2D eigenvalue weighted by molar-refractivity contribution is 1.38. The average Bonchev–Trinajstić information content (AvgIpc) is 2.74. The maximum absolute atomic E-state index is 3.12. The molecule has 0 unspecified atom stereocenters. The van der Waals surface area contributed by atoms with Gasteiger partial charge in [-0.2, -0.15) is 0 Å². The van der Waals surface area contributed by atoms with E-state index in [2.05, 4.69) is 34.6 Å². The van der Waals surface area contributed by atoms with Crippen LogP contribution in [0.3, 0.4) is 0 Å². The largest absolute Gasteiger partial charge is 0.362 e. The van der Waals surface area contributed by atoms with Gasteiger partial charge >= 0.3 is 0 Å². The molecule has 0 saturated carbocycles. The molecule has 0 spiro atoms. The van der Waals surface area contributed by atoms with E-state index in [4.69, 9.17) is 0 Å². The molecule has 60 valence electrons. The van der Waals surface area contributed by atoms with Crippen LogP contribution < -0.4 is 0 Å². The summed E-state index contributed by atoms with van der Waals surface area (Å²) in [6.07, 6.45) is 6.11. The van der Waals surface area contributed by atoms with Gasteiger partial charge in [-0.1, -0.05) is 6.07 Å². The molecule has 0 radical (unpaired) electrons. The number of aromatic amines is 1. The summed E-state index contributed by atoms with van der Waals surface area (Å²) in [4.78, 5) is 4.40. The lowest BCUT2D eigenvalue weighted by Gasteiger charge is -1.83. The monoisotopic (exact) mass is 175 g/mol. The number of hydrogen-bond acceptors (Lipinski definition) is 1. The van der Waals surface area contributed by atoms with Gasteiger partial charge in [0, 0.05) is 16.8 Å². The van der Waals surface area contributed by atoms with E-state index in [9.17, 15) is 0 Å². The predicted octanol–water partition coefficient (Wildman–Crippen LogP) is 3.25. The standard InChI is InChI=1S/C10H9NS/c1-3-9(11-7-1)5-6-10-4-2-8-12-10/h1-8,11H/b6-5+. The molecule has 2 aromatic rings. The van der Waals surface area contributed by atoms with E-state index in [-0.39, 0.29) is 0 Å². The Morgan fingerprint density at radius 2 is 2.17 bits per heavy atom. The van der Waals surface area contributed by atoms with E-state index in [1.165, 1.54) is 4.88 Å². The molecule has 1 nitrogen and oxygen atoms in total. The van der Waals surface area contributed by atoms with Crippen LogP contribution in [-0.2, 0) is 0 Å². The number of hydrogen-bond donors (Lipinski definition) is 1. The van der Waals surface area contributed by atoms with Crippen LogP contribution >= 0.6 is 11.3 Å². The van der Waals surface area contributed by atoms with Crippen molar-refractivity contribution < 1.29 is 0 Å². The zero-order chi connectivity index (χ0) is 8.23. The molecule has 0 aliphatic heterocycles. The Morgan fingerprint density at radius 3 is 2.83 bits per heavy atom. The average molecular weight is 175 g/mol. The molecule has 0 fully saturated rings. The maximum atomic E-state index is 3.12. The second-order valence-corrected chi connectivity index (χ2v) is 3.45. The van der Waals surface area contributed by atoms with E-state index in [0.29, 0.717) is 0 Å². The summed E-state index contributed by atoms with van der Waals surface area (Å²) >= 11 is 1.74. The third-order valence-electron chi connectivity index (χ3n) is 1.59. The highest BCUT2D eigenvalue weighted by molar-refractivity contribution is 7.10. The number of H-pyrrole nitrogens is 1. The summed E-state index contributed by atoms with van der Waals surface area (Å²) < 4.78 is 0. The predicted molar refractivity (Wildman–Crippen MR) is 54.0 cm³/mol. The fraction of sp³-hybridized carbons (Fsp3) is 0. The zero-order valence-corrected chi connectivity index (χ0v) is 7.34. The van der Waals surface area contributed by atoms with Crippen molar-refractivity contribution >= 4 is 23.5 Å². The highest BCUT2D eigenvalue weighted by Crippen LogP contribution is 2.12. The van der Waals surface area contributed by atoms with Crippen LogP contribution in [0.1, 0.15) is 10.6 Å². The van der Waals surface area contributed by atoms with Crippen molar-refractivity contribution in [2.45, 2.75) is 0 Å². The highest BCUT2D eigenvalue weighted by atomic mass is 32.1. The normalized spacial score (nSPS) is 11.0. The van der Waals surface area contributed by atoms with Gasteiger partial charge in [0.1, 0.15) is 0 Å². The molecular weight excluding hydrogens is 166 g/mol. The van der Waals surface area contributed by atoms with E-state index >= 15 is 0 Å². The maximum Gasteiger partial charge on any atom is 0.0380 e. The Hall–Kier alpha value is -1.28. The van der Waals surface area contributed by atoms with E-state index < -0.39 is 0 Å². The Kier molecular flexibility index (Phi) is 2.10. The van der Waals surface area contributed by atoms with Crippen molar-refractivity contribution in [3.8, 4) is 0 Å². The van der Waals surface area contributed by atoms with Gasteiger partial charge in [0.2, 0.25) is 0 Å². The van der Waals surface area contributed by atoms with Gasteiger partial charge in [0.25, 0.3) is 0 Å². The molecular formula is C10H9NS. The van der Waals surface area contributed by atoms with Crippen LogP contribution in [0.15, 0.2) is 35.8 Å². The van der Waals surface area contributed by atoms with E-state index in [1.54, 1.807) is 11.3 Å². The molecule has 2 rings (SSSR count). The Bertz CT molecular complexity index is 307. The van der Waals surface area contributed by atoms with Crippen molar-refractivity contribution in [1.82, 2.24) is 4.98 Å². The second kappa shape index (κ2) is 3.41. The van der Waals surface area contributed by atoms with Crippen molar-refractivity contribution in [3.05, 3.63) is 46.4 Å². The molecule has 2 aromatic heterocycles. The molecule has 0 amide bonds. The number of aromatic nitrogens is 1. The summed E-state index contributed by atoms with van der Waals surface area (Å²) in [6.45, 7) is 0. The first-order valence-corrected chi connectivity index (χ1v) is 4.68. The highest BCUT2D eigenvalue weighted by Gasteiger charge is 1.86. The SMILES string of the molecule is C(=C\c1cccs1)/c1ccc[nH]1. The van der Waals surface area contributed by atoms with Crippen LogP contribution in [0.5, 0.6) is 0 Å². The van der Waals surface area contributed by atoms with Crippen LogP contribution in [0, 0.1) is 0 Å². The van der Waals surface area contributed by atoms with Crippen molar-refractivity contribution in [3.63, 3.8) is 0 Å². The van der Waals surface area contributed by atoms with Crippen LogP contribution in [0.25, 0.3) is 12.2 Å². The summed E-state index contributed by atoms with van der Waals surface area (Å²) in [7, 11) is 0. The fourth-order valence-corrected chi connectivity index (χ4v) is 1.62. The minimum Gasteiger partial charge on any atom is -0.362 e. The number of rotatable bonds is 2. The van der Waals surface area contributed by atoms with Gasteiger partial charge in [-0.25, -0.2) is 0 Å². The van der Waals surface area contributed by atoms with Crippen molar-refractivity contribution in [2.75, 3.05) is 0 Å². The Labute approximate surface area is 75.4 Å². The van der Waals surface area contributed by atoms with Gasteiger partial charge in [0.05, 0.1) is 0 Å². The first-order valence-electron chi connectivity index (χ1n) is 3.80. The van der Waals surface area contributed by atoms with Gasteiger partial charge in [0.15, 0.2) is 0 Å². The Balaban J connectivity index is 2.14. The molecule has 0 bridgehead atoms. The lowest BCUT2D eigenvalue weighted by atomic mass is 10.3. The van der Waals surface area contributed by atoms with Gasteiger partial charge in [-0.05, 0) is 35.7 Å². The van der Waals surface area contributed by atoms with Crippen LogP contribution in [0.2, 0.25) is 0 Å². The summed E-state index contributed by atoms with van der Waals surface area (Å²) in [6, 6.07) is 8.20. The summed E-state index contributed by atoms with van der Waals surface area (Å²) in [5.74, 6) is 0. The lowest BCUT2D eigenvalue weighted by Crippen LogP contribution is -1.65. The molecule has 1 N–H and O–H groups in total. The first-order chi connectivity index (χ1) is 5.95. The smallest absolute Gasteiger partial charge is 0.0380 e. The second-order valence-electron chi connectivity index (χ2n) is 2.47. The quantitative estimate of drug-likeness (QED) is 0.721. The third-order valence-corrected chi connectivity index (χ3v) is 2.43. The Morgan fingerprint density at radius 1 is 1.17 bits per heavy atom. The first kappa shape index (κ1) is 7.37. The van der Waals surface area contributed by atoms with Gasteiger partial charge < -0.3 is 4.98 Å². The van der Waals surface area contributed by atoms with E-state index in [0.717, 1.165) is 5.69 Å². The topological polar surface area (TPSA) is 15.8 Å². The molecule has 0 saturated heterocycles. The zero-order valence-electron chi connectivity index (χ0n) is 6.53. The van der Waals surface area contributed by atoms with Gasteiger partial charge in [-0.3, -0.25) is 0 Å². The summed E-state index contributed by atoms with van der Waals surface area (Å²) in [5, 5.41) is 2.08. The molecule has 12 heavy (non-hydrogen) atoms. The number of nitrogens with one attached hydrogen (secondary N) is 1. The van der Waals surface area contributed by atoms with Gasteiger partial charge in [-0.15, -0.1) is 11.3 Å². The van der Waals surface area contributed by atoms with Crippen molar-refractivity contribution in [1.29, 1.82) is 0 Å². The van der Waals surface area contributed by atoms with Crippen molar-refractivity contribution in [2.24, 2.45) is 0 Å². The number of thiophene rings is 1. The molecule has 0 aliphatic carbocycles. The molecule has 2 heterocycles. The fourth-order valence-electron chi connectivity index (χ4n) is 1.01. The minimum absolute atomic E-state index is 1.14. The van der Waals surface area contributed by atoms with E-state index in [1.807, 2.05) is 18.3 Å². The minimum atomic E-state index is 1.14. The molecule has 0 atom stereocenters.